The summed E-state index contributed by atoms with van der Waals surface area (Å²) in [5.74, 6) is 0. The fourth-order valence-corrected chi connectivity index (χ4v) is 3.86. The SMILES string of the molecule is CCCC(COC)NS(=O)(=O)c1cc(CO)ccc1CC. The van der Waals surface area contributed by atoms with Crippen molar-refractivity contribution in [2.24, 2.45) is 0 Å². The van der Waals surface area contributed by atoms with E-state index in [1.54, 1.807) is 19.2 Å². The Balaban J connectivity index is 3.10. The van der Waals surface area contributed by atoms with Crippen molar-refractivity contribution in [2.75, 3.05) is 13.7 Å². The van der Waals surface area contributed by atoms with Crippen LogP contribution in [0.25, 0.3) is 0 Å². The van der Waals surface area contributed by atoms with Crippen LogP contribution >= 0.6 is 0 Å². The number of nitrogens with one attached hydrogen (secondary N) is 1. The minimum atomic E-state index is -3.62. The second-order valence-electron chi connectivity index (χ2n) is 5.02. The van der Waals surface area contributed by atoms with E-state index in [4.69, 9.17) is 4.74 Å². The summed E-state index contributed by atoms with van der Waals surface area (Å²) in [5.41, 5.74) is 1.33. The number of methoxy groups -OCH3 is 1. The standard InChI is InChI=1S/C15H25NO4S/c1-4-6-14(11-20-3)16-21(18,19)15-9-12(10-17)7-8-13(15)5-2/h7-9,14,16-17H,4-6,10-11H2,1-3H3. The van der Waals surface area contributed by atoms with Crippen LogP contribution in [-0.4, -0.2) is 33.3 Å². The lowest BCUT2D eigenvalue weighted by molar-refractivity contribution is 0.171. The average Bonchev–Trinajstić information content (AvgIpc) is 2.46. The van der Waals surface area contributed by atoms with Gasteiger partial charge in [-0.2, -0.15) is 0 Å². The lowest BCUT2D eigenvalue weighted by Gasteiger charge is -2.19. The molecule has 0 aliphatic rings. The highest BCUT2D eigenvalue weighted by Gasteiger charge is 2.22. The number of hydrogen-bond acceptors (Lipinski definition) is 4. The number of aryl methyl sites for hydroxylation is 1. The smallest absolute Gasteiger partial charge is 0.241 e. The van der Waals surface area contributed by atoms with E-state index in [1.165, 1.54) is 6.07 Å². The fraction of sp³-hybridized carbons (Fsp3) is 0.600. The van der Waals surface area contributed by atoms with E-state index >= 15 is 0 Å². The molecule has 21 heavy (non-hydrogen) atoms. The van der Waals surface area contributed by atoms with Gasteiger partial charge in [0, 0.05) is 13.2 Å². The first-order valence-corrected chi connectivity index (χ1v) is 8.70. The Morgan fingerprint density at radius 3 is 2.57 bits per heavy atom. The van der Waals surface area contributed by atoms with E-state index in [1.807, 2.05) is 13.8 Å². The van der Waals surface area contributed by atoms with E-state index in [-0.39, 0.29) is 17.5 Å². The minimum absolute atomic E-state index is 0.178. The summed E-state index contributed by atoms with van der Waals surface area (Å²) in [5, 5.41) is 9.21. The Morgan fingerprint density at radius 1 is 1.33 bits per heavy atom. The Bertz CT molecular complexity index is 537. The Hall–Kier alpha value is -0.950. The fourth-order valence-electron chi connectivity index (χ4n) is 2.25. The number of sulfonamides is 1. The monoisotopic (exact) mass is 315 g/mol. The van der Waals surface area contributed by atoms with Crippen LogP contribution in [0.3, 0.4) is 0 Å². The predicted molar refractivity (Wildman–Crippen MR) is 82.6 cm³/mol. The molecule has 1 atom stereocenters. The zero-order chi connectivity index (χ0) is 15.9. The van der Waals surface area contributed by atoms with Gasteiger partial charge in [0.2, 0.25) is 10.0 Å². The number of rotatable bonds is 9. The summed E-state index contributed by atoms with van der Waals surface area (Å²) in [6.45, 7) is 4.07. The maximum absolute atomic E-state index is 12.6. The van der Waals surface area contributed by atoms with Crippen molar-refractivity contribution in [2.45, 2.75) is 50.7 Å². The maximum atomic E-state index is 12.6. The predicted octanol–water partition coefficient (Wildman–Crippen LogP) is 1.83. The van der Waals surface area contributed by atoms with E-state index in [0.29, 0.717) is 25.0 Å². The van der Waals surface area contributed by atoms with Crippen LogP contribution in [0.4, 0.5) is 0 Å². The normalized spacial score (nSPS) is 13.3. The summed E-state index contributed by atoms with van der Waals surface area (Å²) >= 11 is 0. The molecule has 0 radical (unpaired) electrons. The summed E-state index contributed by atoms with van der Waals surface area (Å²) < 4.78 is 33.0. The van der Waals surface area contributed by atoms with Crippen molar-refractivity contribution in [3.8, 4) is 0 Å². The molecule has 0 amide bonds. The third-order valence-corrected chi connectivity index (χ3v) is 4.91. The molecule has 0 spiro atoms. The van der Waals surface area contributed by atoms with Crippen LogP contribution < -0.4 is 4.72 Å². The van der Waals surface area contributed by atoms with Crippen molar-refractivity contribution in [1.82, 2.24) is 4.72 Å². The van der Waals surface area contributed by atoms with Crippen LogP contribution in [0.5, 0.6) is 0 Å². The van der Waals surface area contributed by atoms with Gasteiger partial charge in [-0.15, -0.1) is 0 Å². The van der Waals surface area contributed by atoms with E-state index in [2.05, 4.69) is 4.72 Å². The molecule has 6 heteroatoms. The van der Waals surface area contributed by atoms with Gasteiger partial charge < -0.3 is 9.84 Å². The van der Waals surface area contributed by atoms with Crippen molar-refractivity contribution < 1.29 is 18.3 Å². The van der Waals surface area contributed by atoms with Gasteiger partial charge in [-0.1, -0.05) is 32.4 Å². The first-order chi connectivity index (χ1) is 9.98. The Morgan fingerprint density at radius 2 is 2.05 bits per heavy atom. The largest absolute Gasteiger partial charge is 0.392 e. The lowest BCUT2D eigenvalue weighted by atomic mass is 10.1. The molecule has 0 saturated heterocycles. The molecule has 0 heterocycles. The van der Waals surface area contributed by atoms with Crippen molar-refractivity contribution in [1.29, 1.82) is 0 Å². The van der Waals surface area contributed by atoms with Gasteiger partial charge in [-0.05, 0) is 30.0 Å². The second-order valence-corrected chi connectivity index (χ2v) is 6.70. The van der Waals surface area contributed by atoms with Gasteiger partial charge >= 0.3 is 0 Å². The summed E-state index contributed by atoms with van der Waals surface area (Å²) in [7, 11) is -2.06. The summed E-state index contributed by atoms with van der Waals surface area (Å²) in [6, 6.07) is 4.80. The molecule has 1 aromatic rings. The lowest BCUT2D eigenvalue weighted by Crippen LogP contribution is -2.38. The molecule has 0 aliphatic carbocycles. The van der Waals surface area contributed by atoms with Gasteiger partial charge in [0.1, 0.15) is 0 Å². The zero-order valence-electron chi connectivity index (χ0n) is 12.9. The molecule has 0 aromatic heterocycles. The van der Waals surface area contributed by atoms with Crippen molar-refractivity contribution in [3.63, 3.8) is 0 Å². The minimum Gasteiger partial charge on any atom is -0.392 e. The van der Waals surface area contributed by atoms with Gasteiger partial charge in [0.15, 0.2) is 0 Å². The van der Waals surface area contributed by atoms with E-state index < -0.39 is 10.0 Å². The van der Waals surface area contributed by atoms with Crippen LogP contribution in [0.15, 0.2) is 23.1 Å². The summed E-state index contributed by atoms with van der Waals surface area (Å²) in [4.78, 5) is 0.244. The Kier molecular flexibility index (Phi) is 7.31. The maximum Gasteiger partial charge on any atom is 0.241 e. The molecular formula is C15H25NO4S. The number of aliphatic hydroxyl groups is 1. The first kappa shape index (κ1) is 18.1. The molecule has 120 valence electrons. The van der Waals surface area contributed by atoms with Crippen molar-refractivity contribution in [3.05, 3.63) is 29.3 Å². The zero-order valence-corrected chi connectivity index (χ0v) is 13.7. The molecule has 0 fully saturated rings. The molecule has 1 aromatic carbocycles. The van der Waals surface area contributed by atoms with E-state index in [9.17, 15) is 13.5 Å². The Labute approximate surface area is 127 Å². The number of aliphatic hydroxyl groups excluding tert-OH is 1. The van der Waals surface area contributed by atoms with Gasteiger partial charge in [0.05, 0.1) is 18.1 Å². The average molecular weight is 315 g/mol. The third-order valence-electron chi connectivity index (χ3n) is 3.31. The molecule has 0 bridgehead atoms. The van der Waals surface area contributed by atoms with Gasteiger partial charge in [-0.3, -0.25) is 0 Å². The molecule has 5 nitrogen and oxygen atoms in total. The number of hydrogen-bond donors (Lipinski definition) is 2. The molecular weight excluding hydrogens is 290 g/mol. The van der Waals surface area contributed by atoms with Crippen LogP contribution in [0.1, 0.15) is 37.8 Å². The molecule has 0 aliphatic heterocycles. The third kappa shape index (κ3) is 5.07. The first-order valence-electron chi connectivity index (χ1n) is 7.22. The quantitative estimate of drug-likeness (QED) is 0.729. The van der Waals surface area contributed by atoms with Gasteiger partial charge in [0.25, 0.3) is 0 Å². The molecule has 1 rings (SSSR count). The van der Waals surface area contributed by atoms with Crippen molar-refractivity contribution >= 4 is 10.0 Å². The molecule has 1 unspecified atom stereocenters. The van der Waals surface area contributed by atoms with E-state index in [0.717, 1.165) is 12.0 Å². The van der Waals surface area contributed by atoms with Crippen LogP contribution in [-0.2, 0) is 27.8 Å². The van der Waals surface area contributed by atoms with Crippen LogP contribution in [0, 0.1) is 0 Å². The second kappa shape index (κ2) is 8.48. The molecule has 2 N–H and O–H groups in total. The highest BCUT2D eigenvalue weighted by Crippen LogP contribution is 2.19. The molecule has 0 saturated carbocycles. The number of ether oxygens (including phenoxy) is 1. The summed E-state index contributed by atoms with van der Waals surface area (Å²) in [6.07, 6.45) is 2.20. The highest BCUT2D eigenvalue weighted by atomic mass is 32.2. The van der Waals surface area contributed by atoms with Crippen LogP contribution in [0.2, 0.25) is 0 Å². The highest BCUT2D eigenvalue weighted by molar-refractivity contribution is 7.89. The van der Waals surface area contributed by atoms with Gasteiger partial charge in [-0.25, -0.2) is 13.1 Å². The topological polar surface area (TPSA) is 75.6 Å². The number of benzene rings is 1.